The standard InChI is InChI=1S/C17H19F3N2O2/c1-11(10-23-2)22-8-7-15-14(9-22)16(21-24-15)12-3-5-13(6-4-12)17(18,19)20/h3-6,11H,7-10H2,1-2H3. The van der Waals surface area contributed by atoms with E-state index in [1.165, 1.54) is 12.1 Å². The smallest absolute Gasteiger partial charge is 0.383 e. The maximum atomic E-state index is 12.7. The molecule has 2 heterocycles. The molecule has 24 heavy (non-hydrogen) atoms. The van der Waals surface area contributed by atoms with E-state index < -0.39 is 11.7 Å². The van der Waals surface area contributed by atoms with Crippen molar-refractivity contribution in [2.24, 2.45) is 0 Å². The first-order chi connectivity index (χ1) is 11.4. The van der Waals surface area contributed by atoms with Crippen molar-refractivity contribution in [3.8, 4) is 11.3 Å². The zero-order valence-electron chi connectivity index (χ0n) is 13.6. The van der Waals surface area contributed by atoms with E-state index in [1.807, 2.05) is 0 Å². The molecule has 0 radical (unpaired) electrons. The van der Waals surface area contributed by atoms with Gasteiger partial charge in [0.15, 0.2) is 0 Å². The van der Waals surface area contributed by atoms with Gasteiger partial charge in [-0.15, -0.1) is 0 Å². The highest BCUT2D eigenvalue weighted by atomic mass is 19.4. The molecular weight excluding hydrogens is 321 g/mol. The summed E-state index contributed by atoms with van der Waals surface area (Å²) in [5.41, 5.74) is 1.53. The molecular formula is C17H19F3N2O2. The summed E-state index contributed by atoms with van der Waals surface area (Å²) >= 11 is 0. The first-order valence-electron chi connectivity index (χ1n) is 7.78. The molecule has 0 saturated heterocycles. The van der Waals surface area contributed by atoms with Crippen LogP contribution in [-0.4, -0.2) is 36.4 Å². The van der Waals surface area contributed by atoms with E-state index in [0.29, 0.717) is 24.4 Å². The summed E-state index contributed by atoms with van der Waals surface area (Å²) in [4.78, 5) is 2.26. The van der Waals surface area contributed by atoms with Crippen LogP contribution in [-0.2, 0) is 23.9 Å². The average molecular weight is 340 g/mol. The molecule has 1 aromatic carbocycles. The van der Waals surface area contributed by atoms with Crippen molar-refractivity contribution in [1.29, 1.82) is 0 Å². The van der Waals surface area contributed by atoms with Gasteiger partial charge in [-0.3, -0.25) is 4.90 Å². The minimum atomic E-state index is -4.34. The van der Waals surface area contributed by atoms with Gasteiger partial charge < -0.3 is 9.26 Å². The number of nitrogens with zero attached hydrogens (tertiary/aromatic N) is 2. The van der Waals surface area contributed by atoms with Gasteiger partial charge in [0.25, 0.3) is 0 Å². The first kappa shape index (κ1) is 17.0. The fourth-order valence-electron chi connectivity index (χ4n) is 3.00. The van der Waals surface area contributed by atoms with Gasteiger partial charge >= 0.3 is 6.18 Å². The van der Waals surface area contributed by atoms with Crippen molar-refractivity contribution in [1.82, 2.24) is 10.1 Å². The second kappa shape index (κ2) is 6.57. The molecule has 0 spiro atoms. The fraction of sp³-hybridized carbons (Fsp3) is 0.471. The topological polar surface area (TPSA) is 38.5 Å². The zero-order chi connectivity index (χ0) is 17.3. The fourth-order valence-corrected chi connectivity index (χ4v) is 3.00. The summed E-state index contributed by atoms with van der Waals surface area (Å²) in [5.74, 6) is 0.811. The first-order valence-corrected chi connectivity index (χ1v) is 7.78. The van der Waals surface area contributed by atoms with E-state index in [1.54, 1.807) is 7.11 Å². The highest BCUT2D eigenvalue weighted by molar-refractivity contribution is 5.64. The second-order valence-corrected chi connectivity index (χ2v) is 6.03. The normalized spacial score (nSPS) is 16.9. The summed E-state index contributed by atoms with van der Waals surface area (Å²) in [5, 5.41) is 4.09. The number of aromatic nitrogens is 1. The zero-order valence-corrected chi connectivity index (χ0v) is 13.6. The molecule has 0 fully saturated rings. The van der Waals surface area contributed by atoms with Crippen molar-refractivity contribution < 1.29 is 22.4 Å². The highest BCUT2D eigenvalue weighted by Gasteiger charge is 2.31. The molecule has 1 aliphatic rings. The molecule has 0 amide bonds. The third-order valence-corrected chi connectivity index (χ3v) is 4.37. The lowest BCUT2D eigenvalue weighted by atomic mass is 9.99. The Kier molecular flexibility index (Phi) is 4.64. The van der Waals surface area contributed by atoms with Crippen LogP contribution >= 0.6 is 0 Å². The van der Waals surface area contributed by atoms with Gasteiger partial charge in [-0.05, 0) is 19.1 Å². The van der Waals surface area contributed by atoms with Crippen LogP contribution in [0.25, 0.3) is 11.3 Å². The van der Waals surface area contributed by atoms with Gasteiger partial charge in [-0.1, -0.05) is 17.3 Å². The lowest BCUT2D eigenvalue weighted by Gasteiger charge is -2.31. The SMILES string of the molecule is COCC(C)N1CCc2onc(-c3ccc(C(F)(F)F)cc3)c2C1. The van der Waals surface area contributed by atoms with Crippen LogP contribution in [0, 0.1) is 0 Å². The van der Waals surface area contributed by atoms with E-state index in [2.05, 4.69) is 17.0 Å². The molecule has 0 N–H and O–H groups in total. The predicted octanol–water partition coefficient (Wildman–Crippen LogP) is 3.75. The number of ether oxygens (including phenoxy) is 1. The molecule has 0 saturated carbocycles. The van der Waals surface area contributed by atoms with Crippen LogP contribution in [0.15, 0.2) is 28.8 Å². The minimum absolute atomic E-state index is 0.249. The summed E-state index contributed by atoms with van der Waals surface area (Å²) in [6.07, 6.45) is -3.61. The average Bonchev–Trinajstić information content (AvgIpc) is 2.97. The molecule has 2 aromatic rings. The van der Waals surface area contributed by atoms with Gasteiger partial charge in [0, 0.05) is 43.8 Å². The maximum absolute atomic E-state index is 12.7. The van der Waals surface area contributed by atoms with Gasteiger partial charge in [-0.25, -0.2) is 0 Å². The van der Waals surface area contributed by atoms with E-state index in [4.69, 9.17) is 9.26 Å². The molecule has 0 bridgehead atoms. The molecule has 7 heteroatoms. The van der Waals surface area contributed by atoms with Crippen LogP contribution in [0.5, 0.6) is 0 Å². The summed E-state index contributed by atoms with van der Waals surface area (Å²) < 4.78 is 48.7. The number of halogens is 3. The molecule has 3 rings (SSSR count). The number of fused-ring (bicyclic) bond motifs is 1. The highest BCUT2D eigenvalue weighted by Crippen LogP contribution is 2.34. The van der Waals surface area contributed by atoms with Crippen molar-refractivity contribution >= 4 is 0 Å². The van der Waals surface area contributed by atoms with Gasteiger partial charge in [0.05, 0.1) is 12.2 Å². The third-order valence-electron chi connectivity index (χ3n) is 4.37. The summed E-state index contributed by atoms with van der Waals surface area (Å²) in [6, 6.07) is 5.28. The van der Waals surface area contributed by atoms with Crippen LogP contribution in [0.4, 0.5) is 13.2 Å². The van der Waals surface area contributed by atoms with Gasteiger partial charge in [0.1, 0.15) is 11.5 Å². The third kappa shape index (κ3) is 3.32. The number of hydrogen-bond donors (Lipinski definition) is 0. The molecule has 130 valence electrons. The van der Waals surface area contributed by atoms with Crippen LogP contribution < -0.4 is 0 Å². The Balaban J connectivity index is 1.86. The Hall–Kier alpha value is -1.86. The van der Waals surface area contributed by atoms with Gasteiger partial charge in [0.2, 0.25) is 0 Å². The quantitative estimate of drug-likeness (QED) is 0.850. The molecule has 0 aliphatic carbocycles. The van der Waals surface area contributed by atoms with Crippen LogP contribution in [0.1, 0.15) is 23.8 Å². The predicted molar refractivity (Wildman–Crippen MR) is 82.4 cm³/mol. The Labute approximate surface area is 138 Å². The number of alkyl halides is 3. The number of rotatable bonds is 4. The summed E-state index contributed by atoms with van der Waals surface area (Å²) in [6.45, 7) is 4.20. The molecule has 4 nitrogen and oxygen atoms in total. The lowest BCUT2D eigenvalue weighted by Crippen LogP contribution is -2.39. The second-order valence-electron chi connectivity index (χ2n) is 6.03. The number of benzene rings is 1. The van der Waals surface area contributed by atoms with Crippen molar-refractivity contribution in [2.75, 3.05) is 20.3 Å². The monoisotopic (exact) mass is 340 g/mol. The van der Waals surface area contributed by atoms with Crippen molar-refractivity contribution in [2.45, 2.75) is 32.1 Å². The molecule has 1 aromatic heterocycles. The summed E-state index contributed by atoms with van der Waals surface area (Å²) in [7, 11) is 1.67. The van der Waals surface area contributed by atoms with E-state index in [9.17, 15) is 13.2 Å². The molecule has 1 aliphatic heterocycles. The van der Waals surface area contributed by atoms with Gasteiger partial charge in [-0.2, -0.15) is 13.2 Å². The lowest BCUT2D eigenvalue weighted by molar-refractivity contribution is -0.137. The molecule has 1 unspecified atom stereocenters. The minimum Gasteiger partial charge on any atom is -0.383 e. The Bertz CT molecular complexity index is 695. The van der Waals surface area contributed by atoms with Crippen LogP contribution in [0.2, 0.25) is 0 Å². The van der Waals surface area contributed by atoms with E-state index in [-0.39, 0.29) is 6.04 Å². The largest absolute Gasteiger partial charge is 0.416 e. The van der Waals surface area contributed by atoms with E-state index in [0.717, 1.165) is 36.4 Å². The van der Waals surface area contributed by atoms with E-state index >= 15 is 0 Å². The number of hydrogen-bond acceptors (Lipinski definition) is 4. The maximum Gasteiger partial charge on any atom is 0.416 e. The van der Waals surface area contributed by atoms with Crippen molar-refractivity contribution in [3.05, 3.63) is 41.2 Å². The Morgan fingerprint density at radius 2 is 2.00 bits per heavy atom. The van der Waals surface area contributed by atoms with Crippen LogP contribution in [0.3, 0.4) is 0 Å². The Morgan fingerprint density at radius 1 is 1.29 bits per heavy atom. The Morgan fingerprint density at radius 3 is 2.62 bits per heavy atom. The number of methoxy groups -OCH3 is 1. The van der Waals surface area contributed by atoms with Crippen molar-refractivity contribution in [3.63, 3.8) is 0 Å². The molecule has 1 atom stereocenters.